The van der Waals surface area contributed by atoms with Crippen molar-refractivity contribution in [3.8, 4) is 5.75 Å². The first-order valence-electron chi connectivity index (χ1n) is 9.22. The van der Waals surface area contributed by atoms with Gasteiger partial charge in [-0.2, -0.15) is 0 Å². The molecule has 6 heteroatoms. The van der Waals surface area contributed by atoms with Gasteiger partial charge >= 0.3 is 0 Å². The Hall–Kier alpha value is -2.24. The van der Waals surface area contributed by atoms with Gasteiger partial charge < -0.3 is 15.0 Å². The number of halogens is 1. The molecular formula is C21H26ClN3O2. The van der Waals surface area contributed by atoms with Crippen molar-refractivity contribution < 1.29 is 9.53 Å². The summed E-state index contributed by atoms with van der Waals surface area (Å²) in [6, 6.07) is 15.6. The van der Waals surface area contributed by atoms with Crippen molar-refractivity contribution in [2.45, 2.75) is 13.0 Å². The average molecular weight is 388 g/mol. The number of rotatable bonds is 6. The van der Waals surface area contributed by atoms with Gasteiger partial charge in [0.1, 0.15) is 5.75 Å². The van der Waals surface area contributed by atoms with Crippen LogP contribution in [0.15, 0.2) is 48.5 Å². The van der Waals surface area contributed by atoms with Crippen molar-refractivity contribution >= 4 is 23.2 Å². The SMILES string of the molecule is COc1cccc(N2CCN(CC(=O)NC(C)c3ccccc3Cl)CC2)c1. The molecule has 1 unspecified atom stereocenters. The van der Waals surface area contributed by atoms with Gasteiger partial charge in [0.25, 0.3) is 0 Å². The van der Waals surface area contributed by atoms with E-state index in [1.807, 2.05) is 49.4 Å². The Bertz CT molecular complexity index is 776. The smallest absolute Gasteiger partial charge is 0.234 e. The molecule has 1 atom stereocenters. The lowest BCUT2D eigenvalue weighted by Crippen LogP contribution is -2.49. The molecule has 2 aromatic rings. The number of hydrogen-bond donors (Lipinski definition) is 1. The zero-order valence-corrected chi connectivity index (χ0v) is 16.6. The van der Waals surface area contributed by atoms with Gasteiger partial charge in [0.2, 0.25) is 5.91 Å². The van der Waals surface area contributed by atoms with E-state index in [4.69, 9.17) is 16.3 Å². The highest BCUT2D eigenvalue weighted by Crippen LogP contribution is 2.23. The molecule has 0 radical (unpaired) electrons. The lowest BCUT2D eigenvalue weighted by Gasteiger charge is -2.36. The molecule has 0 aliphatic carbocycles. The number of anilines is 1. The number of methoxy groups -OCH3 is 1. The minimum Gasteiger partial charge on any atom is -0.497 e. The second-order valence-corrected chi connectivity index (χ2v) is 7.18. The van der Waals surface area contributed by atoms with Crippen molar-refractivity contribution in [3.63, 3.8) is 0 Å². The average Bonchev–Trinajstić information content (AvgIpc) is 2.68. The summed E-state index contributed by atoms with van der Waals surface area (Å²) in [5.41, 5.74) is 2.10. The molecule has 0 spiro atoms. The van der Waals surface area contributed by atoms with Crippen LogP contribution in [0.3, 0.4) is 0 Å². The van der Waals surface area contributed by atoms with Gasteiger partial charge in [0, 0.05) is 43.0 Å². The molecule has 0 aromatic heterocycles. The summed E-state index contributed by atoms with van der Waals surface area (Å²) in [6.07, 6.45) is 0. The summed E-state index contributed by atoms with van der Waals surface area (Å²) >= 11 is 6.21. The molecule has 1 aliphatic heterocycles. The molecule has 1 fully saturated rings. The maximum Gasteiger partial charge on any atom is 0.234 e. The largest absolute Gasteiger partial charge is 0.497 e. The molecule has 27 heavy (non-hydrogen) atoms. The molecule has 1 heterocycles. The van der Waals surface area contributed by atoms with Crippen LogP contribution < -0.4 is 15.0 Å². The number of benzene rings is 2. The molecule has 1 amide bonds. The van der Waals surface area contributed by atoms with Crippen molar-refractivity contribution in [3.05, 3.63) is 59.1 Å². The zero-order chi connectivity index (χ0) is 19.2. The van der Waals surface area contributed by atoms with E-state index in [0.717, 1.165) is 43.2 Å². The summed E-state index contributed by atoms with van der Waals surface area (Å²) in [5.74, 6) is 0.889. The standard InChI is InChI=1S/C21H26ClN3O2/c1-16(19-8-3-4-9-20(19)22)23-21(26)15-24-10-12-25(13-11-24)17-6-5-7-18(14-17)27-2/h3-9,14,16H,10-13,15H2,1-2H3,(H,23,26). The lowest BCUT2D eigenvalue weighted by atomic mass is 10.1. The van der Waals surface area contributed by atoms with E-state index in [1.165, 1.54) is 0 Å². The topological polar surface area (TPSA) is 44.8 Å². The quantitative estimate of drug-likeness (QED) is 0.825. The Balaban J connectivity index is 1.48. The summed E-state index contributed by atoms with van der Waals surface area (Å²) in [6.45, 7) is 5.85. The second-order valence-electron chi connectivity index (χ2n) is 6.78. The van der Waals surface area contributed by atoms with Crippen LogP contribution in [-0.2, 0) is 4.79 Å². The van der Waals surface area contributed by atoms with Crippen molar-refractivity contribution in [1.82, 2.24) is 10.2 Å². The summed E-state index contributed by atoms with van der Waals surface area (Å²) < 4.78 is 5.30. The highest BCUT2D eigenvalue weighted by atomic mass is 35.5. The van der Waals surface area contributed by atoms with Gasteiger partial charge in [0.05, 0.1) is 19.7 Å². The Kier molecular flexibility index (Phi) is 6.58. The van der Waals surface area contributed by atoms with E-state index in [2.05, 4.69) is 21.2 Å². The molecule has 144 valence electrons. The molecule has 5 nitrogen and oxygen atoms in total. The van der Waals surface area contributed by atoms with Crippen molar-refractivity contribution in [2.75, 3.05) is 44.7 Å². The Morgan fingerprint density at radius 2 is 1.89 bits per heavy atom. The number of carbonyl (C=O) groups excluding carboxylic acids is 1. The van der Waals surface area contributed by atoms with Crippen LogP contribution in [0.2, 0.25) is 5.02 Å². The number of amides is 1. The molecule has 1 saturated heterocycles. The normalized spacial score (nSPS) is 16.0. The zero-order valence-electron chi connectivity index (χ0n) is 15.8. The van der Waals surface area contributed by atoms with Crippen LogP contribution in [0.4, 0.5) is 5.69 Å². The van der Waals surface area contributed by atoms with Gasteiger partial charge in [-0.15, -0.1) is 0 Å². The van der Waals surface area contributed by atoms with Gasteiger partial charge in [-0.3, -0.25) is 9.69 Å². The van der Waals surface area contributed by atoms with Gasteiger partial charge in [-0.25, -0.2) is 0 Å². The minimum absolute atomic E-state index is 0.0252. The van der Waals surface area contributed by atoms with Crippen LogP contribution >= 0.6 is 11.6 Å². The monoisotopic (exact) mass is 387 g/mol. The Labute approximate surface area is 165 Å². The van der Waals surface area contributed by atoms with E-state index >= 15 is 0 Å². The molecule has 1 aliphatic rings. The first-order chi connectivity index (χ1) is 13.1. The van der Waals surface area contributed by atoms with Crippen LogP contribution in [-0.4, -0.2) is 50.6 Å². The predicted molar refractivity (Wildman–Crippen MR) is 110 cm³/mol. The van der Waals surface area contributed by atoms with Gasteiger partial charge in [-0.1, -0.05) is 35.9 Å². The third-order valence-corrected chi connectivity index (χ3v) is 5.25. The maximum absolute atomic E-state index is 12.4. The van der Waals surface area contributed by atoms with Crippen LogP contribution in [0.25, 0.3) is 0 Å². The number of ether oxygens (including phenoxy) is 1. The van der Waals surface area contributed by atoms with Crippen LogP contribution in [0.1, 0.15) is 18.5 Å². The first kappa shape index (κ1) is 19.5. The maximum atomic E-state index is 12.4. The van der Waals surface area contributed by atoms with Crippen LogP contribution in [0, 0.1) is 0 Å². The van der Waals surface area contributed by atoms with Gasteiger partial charge in [0.15, 0.2) is 0 Å². The molecule has 2 aromatic carbocycles. The number of piperazine rings is 1. The second kappa shape index (κ2) is 9.11. The number of nitrogens with one attached hydrogen (secondary N) is 1. The van der Waals surface area contributed by atoms with Crippen molar-refractivity contribution in [2.24, 2.45) is 0 Å². The van der Waals surface area contributed by atoms with E-state index in [1.54, 1.807) is 7.11 Å². The fraction of sp³-hybridized carbons (Fsp3) is 0.381. The van der Waals surface area contributed by atoms with Crippen molar-refractivity contribution in [1.29, 1.82) is 0 Å². The van der Waals surface area contributed by atoms with E-state index in [0.29, 0.717) is 11.6 Å². The van der Waals surface area contributed by atoms with Crippen LogP contribution in [0.5, 0.6) is 5.75 Å². The third-order valence-electron chi connectivity index (χ3n) is 4.91. The minimum atomic E-state index is -0.107. The first-order valence-corrected chi connectivity index (χ1v) is 9.60. The lowest BCUT2D eigenvalue weighted by molar-refractivity contribution is -0.123. The van der Waals surface area contributed by atoms with E-state index in [9.17, 15) is 4.79 Å². The molecule has 3 rings (SSSR count). The highest BCUT2D eigenvalue weighted by molar-refractivity contribution is 6.31. The van der Waals surface area contributed by atoms with Gasteiger partial charge in [-0.05, 0) is 30.7 Å². The predicted octanol–water partition coefficient (Wildman–Crippen LogP) is 3.35. The van der Waals surface area contributed by atoms with E-state index < -0.39 is 0 Å². The summed E-state index contributed by atoms with van der Waals surface area (Å²) in [4.78, 5) is 16.9. The third kappa shape index (κ3) is 5.15. The highest BCUT2D eigenvalue weighted by Gasteiger charge is 2.20. The molecule has 0 bridgehead atoms. The molecule has 0 saturated carbocycles. The summed E-state index contributed by atoms with van der Waals surface area (Å²) in [5, 5.41) is 3.73. The molecular weight excluding hydrogens is 362 g/mol. The summed E-state index contributed by atoms with van der Waals surface area (Å²) in [7, 11) is 1.68. The Morgan fingerprint density at radius 1 is 1.15 bits per heavy atom. The number of hydrogen-bond acceptors (Lipinski definition) is 4. The van der Waals surface area contributed by atoms with E-state index in [-0.39, 0.29) is 11.9 Å². The fourth-order valence-corrected chi connectivity index (χ4v) is 3.66. The molecule has 1 N–H and O–H groups in total. The Morgan fingerprint density at radius 3 is 2.59 bits per heavy atom. The fourth-order valence-electron chi connectivity index (χ4n) is 3.37. The number of nitrogens with zero attached hydrogens (tertiary/aromatic N) is 2. The number of carbonyl (C=O) groups is 1.